The topological polar surface area (TPSA) is 47.2 Å². The Morgan fingerprint density at radius 3 is 2.42 bits per heavy atom. The van der Waals surface area contributed by atoms with Crippen LogP contribution < -0.4 is 5.56 Å². The Kier molecular flexibility index (Phi) is 5.49. The van der Waals surface area contributed by atoms with Gasteiger partial charge in [0.25, 0.3) is 5.56 Å². The fourth-order valence-corrected chi connectivity index (χ4v) is 3.08. The van der Waals surface area contributed by atoms with E-state index < -0.39 is 17.3 Å². The number of nitrogens with zero attached hydrogens (tertiary/aromatic N) is 3. The van der Waals surface area contributed by atoms with Crippen LogP contribution in [-0.4, -0.2) is 15.9 Å². The zero-order valence-electron chi connectivity index (χ0n) is 16.1. The van der Waals surface area contributed by atoms with Crippen LogP contribution in [0.4, 0.5) is 13.2 Å². The second-order valence-corrected chi connectivity index (χ2v) is 6.68. The summed E-state index contributed by atoms with van der Waals surface area (Å²) >= 11 is 0. The Hall–Kier alpha value is -4.00. The summed E-state index contributed by atoms with van der Waals surface area (Å²) in [7, 11) is 0. The first-order valence-corrected chi connectivity index (χ1v) is 9.39. The third-order valence-electron chi connectivity index (χ3n) is 4.56. The van der Waals surface area contributed by atoms with E-state index >= 15 is 0 Å². The van der Waals surface area contributed by atoms with Crippen LogP contribution in [0, 0.1) is 0 Å². The third kappa shape index (κ3) is 4.45. The van der Waals surface area contributed by atoms with Crippen LogP contribution >= 0.6 is 0 Å². The molecular formula is C24H16F3N3O. The minimum absolute atomic E-state index is 0.0270. The standard InChI is InChI=1S/C24H16F3N3O/c25-24(26,27)19-12-6-11-18(16-19)22-29-21-14-5-4-13-20(21)23(31)30(22)28-15-7-10-17-8-2-1-3-9-17/h1-16H/b10-7+,28-15?. The third-order valence-corrected chi connectivity index (χ3v) is 4.56. The van der Waals surface area contributed by atoms with E-state index in [-0.39, 0.29) is 11.4 Å². The van der Waals surface area contributed by atoms with Crippen molar-refractivity contribution in [2.24, 2.45) is 5.10 Å². The number of aromatic nitrogens is 2. The first-order chi connectivity index (χ1) is 14.9. The molecule has 0 saturated heterocycles. The number of para-hydroxylation sites is 1. The van der Waals surface area contributed by atoms with Crippen LogP contribution in [-0.2, 0) is 6.18 Å². The van der Waals surface area contributed by atoms with Crippen molar-refractivity contribution in [1.82, 2.24) is 9.66 Å². The maximum atomic E-state index is 13.2. The molecule has 0 spiro atoms. The number of hydrogen-bond acceptors (Lipinski definition) is 3. The number of halogens is 3. The average Bonchev–Trinajstić information content (AvgIpc) is 2.78. The quantitative estimate of drug-likeness (QED) is 0.403. The molecule has 0 aliphatic rings. The average molecular weight is 419 g/mol. The molecule has 1 heterocycles. The fourth-order valence-electron chi connectivity index (χ4n) is 3.08. The van der Waals surface area contributed by atoms with Gasteiger partial charge in [0.1, 0.15) is 0 Å². The molecule has 0 radical (unpaired) electrons. The zero-order chi connectivity index (χ0) is 21.8. The molecule has 0 unspecified atom stereocenters. The maximum Gasteiger partial charge on any atom is 0.416 e. The molecule has 0 aliphatic carbocycles. The van der Waals surface area contributed by atoms with Crippen LogP contribution in [0.1, 0.15) is 11.1 Å². The van der Waals surface area contributed by atoms with E-state index in [1.165, 1.54) is 18.3 Å². The van der Waals surface area contributed by atoms with Gasteiger partial charge in [0.05, 0.1) is 16.5 Å². The largest absolute Gasteiger partial charge is 0.416 e. The molecule has 154 valence electrons. The summed E-state index contributed by atoms with van der Waals surface area (Å²) in [5, 5.41) is 4.51. The van der Waals surface area contributed by atoms with Gasteiger partial charge < -0.3 is 0 Å². The lowest BCUT2D eigenvalue weighted by Crippen LogP contribution is -2.20. The highest BCUT2D eigenvalue weighted by molar-refractivity contribution is 5.81. The van der Waals surface area contributed by atoms with Gasteiger partial charge in [-0.25, -0.2) is 4.98 Å². The molecule has 1 aromatic heterocycles. The van der Waals surface area contributed by atoms with Gasteiger partial charge in [0, 0.05) is 11.8 Å². The molecule has 0 bridgehead atoms. The zero-order valence-corrected chi connectivity index (χ0v) is 16.1. The number of hydrogen-bond donors (Lipinski definition) is 0. The fraction of sp³-hybridized carbons (Fsp3) is 0.0417. The first kappa shape index (κ1) is 20.3. The van der Waals surface area contributed by atoms with Crippen molar-refractivity contribution in [3.63, 3.8) is 0 Å². The Morgan fingerprint density at radius 2 is 1.65 bits per heavy atom. The van der Waals surface area contributed by atoms with Crippen LogP contribution in [0.15, 0.2) is 94.8 Å². The Bertz CT molecular complexity index is 1340. The summed E-state index contributed by atoms with van der Waals surface area (Å²) in [6.45, 7) is 0. The molecule has 31 heavy (non-hydrogen) atoms. The molecule has 0 aliphatic heterocycles. The second-order valence-electron chi connectivity index (χ2n) is 6.68. The smallest absolute Gasteiger partial charge is 0.267 e. The SMILES string of the molecule is O=c1c2ccccc2nc(-c2cccc(C(F)(F)F)c2)n1N=C/C=C/c1ccccc1. The van der Waals surface area contributed by atoms with Gasteiger partial charge >= 0.3 is 6.18 Å². The lowest BCUT2D eigenvalue weighted by Gasteiger charge is -2.11. The second kappa shape index (κ2) is 8.39. The summed E-state index contributed by atoms with van der Waals surface area (Å²) in [5.74, 6) is 0.0270. The van der Waals surface area contributed by atoms with Gasteiger partial charge in [-0.3, -0.25) is 4.79 Å². The minimum Gasteiger partial charge on any atom is -0.267 e. The number of allylic oxidation sites excluding steroid dienone is 1. The normalized spacial score (nSPS) is 12.2. The summed E-state index contributed by atoms with van der Waals surface area (Å²) < 4.78 is 40.6. The highest BCUT2D eigenvalue weighted by Crippen LogP contribution is 2.31. The molecule has 0 N–H and O–H groups in total. The van der Waals surface area contributed by atoms with Crippen molar-refractivity contribution in [3.8, 4) is 11.4 Å². The van der Waals surface area contributed by atoms with Gasteiger partial charge in [-0.1, -0.05) is 60.7 Å². The van der Waals surface area contributed by atoms with Gasteiger partial charge in [-0.05, 0) is 35.9 Å². The molecule has 0 amide bonds. The monoisotopic (exact) mass is 419 g/mol. The molecule has 4 nitrogen and oxygen atoms in total. The maximum absolute atomic E-state index is 13.2. The number of fused-ring (bicyclic) bond motifs is 1. The van der Waals surface area contributed by atoms with Gasteiger partial charge in [0.2, 0.25) is 0 Å². The molecular weight excluding hydrogens is 403 g/mol. The van der Waals surface area contributed by atoms with Crippen molar-refractivity contribution >= 4 is 23.2 Å². The first-order valence-electron chi connectivity index (χ1n) is 9.39. The van der Waals surface area contributed by atoms with E-state index in [0.29, 0.717) is 10.9 Å². The molecule has 0 fully saturated rings. The molecule has 0 atom stereocenters. The minimum atomic E-state index is -4.51. The Balaban J connectivity index is 1.84. The van der Waals surface area contributed by atoms with Crippen LogP contribution in [0.3, 0.4) is 0 Å². The van der Waals surface area contributed by atoms with E-state index in [1.807, 2.05) is 30.3 Å². The molecule has 4 aromatic rings. The molecule has 0 saturated carbocycles. The predicted molar refractivity (Wildman–Crippen MR) is 116 cm³/mol. The summed E-state index contributed by atoms with van der Waals surface area (Å²) in [4.78, 5) is 17.5. The predicted octanol–water partition coefficient (Wildman–Crippen LogP) is 5.63. The van der Waals surface area contributed by atoms with Crippen molar-refractivity contribution in [3.05, 3.63) is 106 Å². The van der Waals surface area contributed by atoms with Gasteiger partial charge in [-0.2, -0.15) is 22.9 Å². The van der Waals surface area contributed by atoms with E-state index in [0.717, 1.165) is 22.4 Å². The number of rotatable bonds is 4. The van der Waals surface area contributed by atoms with Gasteiger partial charge in [-0.15, -0.1) is 0 Å². The Morgan fingerprint density at radius 1 is 0.903 bits per heavy atom. The van der Waals surface area contributed by atoms with Crippen LogP contribution in [0.25, 0.3) is 28.4 Å². The highest BCUT2D eigenvalue weighted by atomic mass is 19.4. The summed E-state index contributed by atoms with van der Waals surface area (Å²) in [5.41, 5.74) is 0.165. The van der Waals surface area contributed by atoms with Crippen molar-refractivity contribution in [1.29, 1.82) is 0 Å². The van der Waals surface area contributed by atoms with Crippen molar-refractivity contribution in [2.45, 2.75) is 6.18 Å². The lowest BCUT2D eigenvalue weighted by atomic mass is 10.1. The van der Waals surface area contributed by atoms with Crippen molar-refractivity contribution < 1.29 is 13.2 Å². The summed E-state index contributed by atoms with van der Waals surface area (Å²) in [6.07, 6.45) is 0.335. The van der Waals surface area contributed by atoms with E-state index in [1.54, 1.807) is 36.4 Å². The lowest BCUT2D eigenvalue weighted by molar-refractivity contribution is -0.137. The summed E-state index contributed by atoms with van der Waals surface area (Å²) in [6, 6.07) is 20.8. The van der Waals surface area contributed by atoms with Gasteiger partial charge in [0.15, 0.2) is 5.82 Å². The van der Waals surface area contributed by atoms with E-state index in [9.17, 15) is 18.0 Å². The van der Waals surface area contributed by atoms with Crippen LogP contribution in [0.2, 0.25) is 0 Å². The molecule has 7 heteroatoms. The number of benzene rings is 3. The highest BCUT2D eigenvalue weighted by Gasteiger charge is 2.30. The molecule has 4 rings (SSSR count). The molecule has 3 aromatic carbocycles. The number of alkyl halides is 3. The van der Waals surface area contributed by atoms with Crippen LogP contribution in [0.5, 0.6) is 0 Å². The van der Waals surface area contributed by atoms with Crippen molar-refractivity contribution in [2.75, 3.05) is 0 Å². The van der Waals surface area contributed by atoms with E-state index in [4.69, 9.17) is 0 Å². The Labute approximate surface area is 175 Å². The van der Waals surface area contributed by atoms with E-state index in [2.05, 4.69) is 10.1 Å².